The largest absolute Gasteiger partial charge is 0.234 e. The van der Waals surface area contributed by atoms with Crippen molar-refractivity contribution in [3.8, 4) is 0 Å². The van der Waals surface area contributed by atoms with Crippen LogP contribution in [0.1, 0.15) is 110 Å². The molecule has 4 heteroatoms. The van der Waals surface area contributed by atoms with Gasteiger partial charge in [-0.05, 0) is 19.4 Å². The van der Waals surface area contributed by atoms with E-state index in [1.54, 1.807) is 12.3 Å². The molecule has 0 radical (unpaired) electrons. The van der Waals surface area contributed by atoms with Crippen LogP contribution in [-0.2, 0) is 0 Å². The lowest BCUT2D eigenvalue weighted by Crippen LogP contribution is -2.45. The van der Waals surface area contributed by atoms with E-state index in [4.69, 9.17) is 0 Å². The summed E-state index contributed by atoms with van der Waals surface area (Å²) >= 11 is 0. The molecule has 1 rings (SSSR count). The van der Waals surface area contributed by atoms with Crippen LogP contribution in [0, 0.1) is 10.1 Å². The second kappa shape index (κ2) is 13.8. The zero-order valence-corrected chi connectivity index (χ0v) is 17.1. The summed E-state index contributed by atoms with van der Waals surface area (Å²) in [5, 5.41) is 12.1. The van der Waals surface area contributed by atoms with Gasteiger partial charge in [0.25, 0.3) is 0 Å². The molecular formula is C22H40N2O2. The monoisotopic (exact) mass is 364 g/mol. The Morgan fingerprint density at radius 2 is 1.27 bits per heavy atom. The molecule has 0 aliphatic carbocycles. The quantitative estimate of drug-likeness (QED) is 0.165. The van der Waals surface area contributed by atoms with Crippen molar-refractivity contribution in [2.24, 2.45) is 0 Å². The minimum atomic E-state index is -0.477. The Morgan fingerprint density at radius 1 is 0.808 bits per heavy atom. The standard InChI is InChI=1S/C22H40N2O2/c1-3-4-5-6-7-8-9-10-11-12-13-14-15-16-19-22(2)20-17-18-21-23(22)24(25)26/h17-18,20-21H,3-16,19H2,1-2H3. The Hall–Kier alpha value is -1.32. The van der Waals surface area contributed by atoms with Crippen LogP contribution in [-0.4, -0.2) is 15.6 Å². The maximum atomic E-state index is 11.2. The molecule has 0 aromatic rings. The molecule has 26 heavy (non-hydrogen) atoms. The van der Waals surface area contributed by atoms with E-state index in [1.165, 1.54) is 88.5 Å². The summed E-state index contributed by atoms with van der Waals surface area (Å²) in [4.78, 5) is 11.2. The first-order valence-corrected chi connectivity index (χ1v) is 10.9. The Morgan fingerprint density at radius 3 is 1.73 bits per heavy atom. The Labute approximate surface area is 160 Å². The lowest BCUT2D eigenvalue weighted by Gasteiger charge is -2.31. The molecule has 0 amide bonds. The molecule has 1 unspecified atom stereocenters. The number of hydrazine groups is 1. The van der Waals surface area contributed by atoms with Crippen LogP contribution in [0.5, 0.6) is 0 Å². The van der Waals surface area contributed by atoms with Crippen LogP contribution < -0.4 is 0 Å². The van der Waals surface area contributed by atoms with Gasteiger partial charge in [-0.1, -0.05) is 114 Å². The predicted octanol–water partition coefficient (Wildman–Crippen LogP) is 7.19. The molecule has 0 fully saturated rings. The van der Waals surface area contributed by atoms with E-state index in [0.717, 1.165) is 12.8 Å². The first-order chi connectivity index (χ1) is 12.6. The summed E-state index contributed by atoms with van der Waals surface area (Å²) in [7, 11) is 0. The van der Waals surface area contributed by atoms with Gasteiger partial charge in [0, 0.05) is 0 Å². The number of unbranched alkanes of at least 4 members (excludes halogenated alkanes) is 13. The van der Waals surface area contributed by atoms with Crippen molar-refractivity contribution in [3.63, 3.8) is 0 Å². The molecule has 4 nitrogen and oxygen atoms in total. The van der Waals surface area contributed by atoms with Gasteiger partial charge in [0.05, 0.1) is 6.20 Å². The summed E-state index contributed by atoms with van der Waals surface area (Å²) in [5.41, 5.74) is -0.477. The summed E-state index contributed by atoms with van der Waals surface area (Å²) in [5.74, 6) is 0. The topological polar surface area (TPSA) is 46.4 Å². The van der Waals surface area contributed by atoms with Gasteiger partial charge in [0.15, 0.2) is 5.03 Å². The second-order valence-electron chi connectivity index (χ2n) is 7.99. The molecule has 0 N–H and O–H groups in total. The van der Waals surface area contributed by atoms with E-state index in [2.05, 4.69) is 6.92 Å². The van der Waals surface area contributed by atoms with Gasteiger partial charge < -0.3 is 0 Å². The van der Waals surface area contributed by atoms with E-state index in [-0.39, 0.29) is 5.03 Å². The van der Waals surface area contributed by atoms with Crippen molar-refractivity contribution >= 4 is 0 Å². The van der Waals surface area contributed by atoms with E-state index in [9.17, 15) is 10.1 Å². The Kier molecular flexibility index (Phi) is 12.1. The fraction of sp³-hybridized carbons (Fsp3) is 0.818. The molecule has 0 aromatic heterocycles. The molecular weight excluding hydrogens is 324 g/mol. The van der Waals surface area contributed by atoms with Crippen LogP contribution in [0.3, 0.4) is 0 Å². The minimum absolute atomic E-state index is 0.302. The number of hydrogen-bond acceptors (Lipinski definition) is 2. The highest BCUT2D eigenvalue weighted by Crippen LogP contribution is 2.27. The lowest BCUT2D eigenvalue weighted by molar-refractivity contribution is -0.655. The number of nitro groups is 1. The average molecular weight is 365 g/mol. The molecule has 1 atom stereocenters. The first kappa shape index (κ1) is 22.7. The van der Waals surface area contributed by atoms with Crippen LogP contribution >= 0.6 is 0 Å². The highest BCUT2D eigenvalue weighted by Gasteiger charge is 2.35. The number of allylic oxidation sites excluding steroid dienone is 2. The Bertz CT molecular complexity index is 434. The number of nitrogens with zero attached hydrogens (tertiary/aromatic N) is 2. The number of rotatable bonds is 16. The third-order valence-electron chi connectivity index (χ3n) is 5.53. The predicted molar refractivity (Wildman–Crippen MR) is 110 cm³/mol. The van der Waals surface area contributed by atoms with Crippen molar-refractivity contribution in [2.75, 3.05) is 0 Å². The van der Waals surface area contributed by atoms with Gasteiger partial charge in [-0.25, -0.2) is 10.1 Å². The van der Waals surface area contributed by atoms with Crippen molar-refractivity contribution in [3.05, 3.63) is 34.5 Å². The lowest BCUT2D eigenvalue weighted by atomic mass is 9.91. The SMILES string of the molecule is CCCCCCCCCCCCCCCCC1(C)C=CC=CN1[N+](=O)[O-]. The van der Waals surface area contributed by atoms with Gasteiger partial charge in [0.1, 0.15) is 5.54 Å². The third kappa shape index (κ3) is 9.40. The van der Waals surface area contributed by atoms with Gasteiger partial charge >= 0.3 is 0 Å². The normalized spacial score (nSPS) is 19.2. The third-order valence-corrected chi connectivity index (χ3v) is 5.53. The fourth-order valence-corrected chi connectivity index (χ4v) is 3.76. The summed E-state index contributed by atoms with van der Waals surface area (Å²) in [6, 6.07) is 0. The zero-order valence-electron chi connectivity index (χ0n) is 17.1. The molecule has 0 saturated carbocycles. The van der Waals surface area contributed by atoms with Gasteiger partial charge in [-0.3, -0.25) is 0 Å². The van der Waals surface area contributed by atoms with Gasteiger partial charge in [-0.2, -0.15) is 0 Å². The van der Waals surface area contributed by atoms with E-state index >= 15 is 0 Å². The molecule has 1 heterocycles. The molecule has 1 aliphatic rings. The summed E-state index contributed by atoms with van der Waals surface area (Å²) in [6.45, 7) is 4.23. The van der Waals surface area contributed by atoms with Crippen LogP contribution in [0.25, 0.3) is 0 Å². The fourth-order valence-electron chi connectivity index (χ4n) is 3.76. The van der Waals surface area contributed by atoms with Gasteiger partial charge in [0.2, 0.25) is 0 Å². The number of hydrogen-bond donors (Lipinski definition) is 0. The molecule has 0 aromatic carbocycles. The Balaban J connectivity index is 1.94. The minimum Gasteiger partial charge on any atom is -0.234 e. The molecule has 0 bridgehead atoms. The van der Waals surface area contributed by atoms with E-state index in [1.807, 2.05) is 19.1 Å². The van der Waals surface area contributed by atoms with Crippen LogP contribution in [0.15, 0.2) is 24.4 Å². The van der Waals surface area contributed by atoms with E-state index < -0.39 is 5.54 Å². The second-order valence-corrected chi connectivity index (χ2v) is 7.99. The zero-order chi connectivity index (χ0) is 19.1. The van der Waals surface area contributed by atoms with Crippen molar-refractivity contribution < 1.29 is 5.03 Å². The van der Waals surface area contributed by atoms with Crippen molar-refractivity contribution in [1.82, 2.24) is 5.01 Å². The average Bonchev–Trinajstić information content (AvgIpc) is 2.62. The van der Waals surface area contributed by atoms with Crippen molar-refractivity contribution in [2.45, 2.75) is 116 Å². The maximum Gasteiger partial charge on any atom is 0.165 e. The highest BCUT2D eigenvalue weighted by molar-refractivity contribution is 5.17. The van der Waals surface area contributed by atoms with Crippen LogP contribution in [0.2, 0.25) is 0 Å². The maximum absolute atomic E-state index is 11.2. The molecule has 1 aliphatic heterocycles. The highest BCUT2D eigenvalue weighted by atomic mass is 16.7. The van der Waals surface area contributed by atoms with Crippen molar-refractivity contribution in [1.29, 1.82) is 0 Å². The molecule has 0 saturated heterocycles. The van der Waals surface area contributed by atoms with E-state index in [0.29, 0.717) is 0 Å². The summed E-state index contributed by atoms with van der Waals surface area (Å²) in [6.07, 6.45) is 26.7. The summed E-state index contributed by atoms with van der Waals surface area (Å²) < 4.78 is 0. The first-order valence-electron chi connectivity index (χ1n) is 10.9. The molecule has 150 valence electrons. The smallest absolute Gasteiger partial charge is 0.165 e. The van der Waals surface area contributed by atoms with Crippen LogP contribution in [0.4, 0.5) is 0 Å². The molecule has 0 spiro atoms. The van der Waals surface area contributed by atoms with Gasteiger partial charge in [-0.15, -0.1) is 0 Å².